The Labute approximate surface area is 354 Å². The van der Waals surface area contributed by atoms with Crippen molar-refractivity contribution in [2.24, 2.45) is 0 Å². The van der Waals surface area contributed by atoms with E-state index in [1.165, 1.54) is 11.1 Å². The molecule has 0 bridgehead atoms. The van der Waals surface area contributed by atoms with Crippen molar-refractivity contribution in [2.45, 2.75) is 72.3 Å². The van der Waals surface area contributed by atoms with E-state index in [1.807, 2.05) is 43.5 Å². The second kappa shape index (κ2) is 25.6. The number of nitrogens with two attached hydrogens (primary N) is 1. The van der Waals surface area contributed by atoms with E-state index in [2.05, 4.69) is 65.5 Å². The van der Waals surface area contributed by atoms with Crippen molar-refractivity contribution in [2.75, 3.05) is 78.3 Å². The fraction of sp³-hybridized carbons (Fsp3) is 0.458. The first kappa shape index (κ1) is 46.1. The average Bonchev–Trinajstić information content (AvgIpc) is 3.25. The van der Waals surface area contributed by atoms with Crippen LogP contribution >= 0.6 is 0 Å². The summed E-state index contributed by atoms with van der Waals surface area (Å²) in [5.74, 6) is 1.36. The molecule has 2 aromatic heterocycles. The number of ketones is 1. The monoisotopic (exact) mass is 822 g/mol. The van der Waals surface area contributed by atoms with Crippen LogP contribution in [0.1, 0.15) is 77.2 Å². The zero-order valence-corrected chi connectivity index (χ0v) is 35.6. The van der Waals surface area contributed by atoms with Crippen LogP contribution in [-0.2, 0) is 47.9 Å². The minimum atomic E-state index is -0.119. The zero-order chi connectivity index (χ0) is 42.4. The number of nitrogens with one attached hydrogen (secondary N) is 1. The predicted molar refractivity (Wildman–Crippen MR) is 236 cm³/mol. The lowest BCUT2D eigenvalue weighted by molar-refractivity contribution is -0.120. The number of ether oxygens (including phenoxy) is 6. The second-order valence-corrected chi connectivity index (χ2v) is 14.8. The number of pyridine rings is 2. The number of hydrogen-bond acceptors (Lipinski definition) is 11. The highest BCUT2D eigenvalue weighted by atomic mass is 16.5. The molecule has 322 valence electrons. The Morgan fingerprint density at radius 1 is 0.683 bits per heavy atom. The Bertz CT molecular complexity index is 2090. The summed E-state index contributed by atoms with van der Waals surface area (Å²) in [6, 6.07) is 22.1. The molecule has 5 aromatic rings. The highest BCUT2D eigenvalue weighted by molar-refractivity contribution is 6.08. The SMILES string of the molecule is CCOCCOCCC(=O)CCCCOCCOCCOCCCNC(=O)c1ccc(COc2ccc(CCc3cnc4c(N)nc5cc(C)ccc5c4c3)c(C)c2)cc1. The smallest absolute Gasteiger partial charge is 0.251 e. The van der Waals surface area contributed by atoms with E-state index in [9.17, 15) is 9.59 Å². The van der Waals surface area contributed by atoms with E-state index < -0.39 is 0 Å². The van der Waals surface area contributed by atoms with Gasteiger partial charge in [0.05, 0.1) is 51.8 Å². The molecule has 1 amide bonds. The van der Waals surface area contributed by atoms with Gasteiger partial charge < -0.3 is 39.5 Å². The van der Waals surface area contributed by atoms with Crippen LogP contribution in [0.25, 0.3) is 21.8 Å². The summed E-state index contributed by atoms with van der Waals surface area (Å²) < 4.78 is 33.5. The molecule has 12 nitrogen and oxygen atoms in total. The number of fused-ring (bicyclic) bond motifs is 3. The minimum absolute atomic E-state index is 0.119. The molecule has 2 heterocycles. The van der Waals surface area contributed by atoms with Crippen molar-refractivity contribution in [1.29, 1.82) is 0 Å². The maximum Gasteiger partial charge on any atom is 0.251 e. The first-order chi connectivity index (χ1) is 29.3. The fourth-order valence-corrected chi connectivity index (χ4v) is 6.66. The van der Waals surface area contributed by atoms with Gasteiger partial charge >= 0.3 is 0 Å². The number of anilines is 1. The van der Waals surface area contributed by atoms with Crippen LogP contribution in [0.4, 0.5) is 5.82 Å². The summed E-state index contributed by atoms with van der Waals surface area (Å²) in [6.45, 7) is 12.4. The van der Waals surface area contributed by atoms with E-state index in [4.69, 9.17) is 34.2 Å². The van der Waals surface area contributed by atoms with Gasteiger partial charge in [-0.2, -0.15) is 0 Å². The molecule has 5 rings (SSSR count). The molecular formula is C48H62N4O8. The van der Waals surface area contributed by atoms with Gasteiger partial charge in [-0.3, -0.25) is 14.6 Å². The number of rotatable bonds is 29. The number of unbranched alkanes of at least 4 members (excludes halogenated alkanes) is 1. The Hall–Kier alpha value is -4.98. The van der Waals surface area contributed by atoms with E-state index in [-0.39, 0.29) is 11.7 Å². The third-order valence-corrected chi connectivity index (χ3v) is 10.1. The first-order valence-electron chi connectivity index (χ1n) is 21.2. The zero-order valence-electron chi connectivity index (χ0n) is 35.6. The molecule has 60 heavy (non-hydrogen) atoms. The molecule has 0 atom stereocenters. The van der Waals surface area contributed by atoms with Gasteiger partial charge in [0.2, 0.25) is 0 Å². The molecule has 0 spiro atoms. The molecular weight excluding hydrogens is 761 g/mol. The van der Waals surface area contributed by atoms with E-state index in [1.54, 1.807) is 0 Å². The number of aromatic nitrogens is 2. The number of nitrogens with zero attached hydrogens (tertiary/aromatic N) is 2. The second-order valence-electron chi connectivity index (χ2n) is 14.8. The largest absolute Gasteiger partial charge is 0.489 e. The lowest BCUT2D eigenvalue weighted by Crippen LogP contribution is -2.25. The quantitative estimate of drug-likeness (QED) is 0.0361. The number of aryl methyl sites for hydroxylation is 4. The molecule has 0 saturated heterocycles. The van der Waals surface area contributed by atoms with Crippen molar-refractivity contribution in [3.8, 4) is 5.75 Å². The highest BCUT2D eigenvalue weighted by Gasteiger charge is 2.11. The number of benzene rings is 3. The molecule has 12 heteroatoms. The van der Waals surface area contributed by atoms with Crippen LogP contribution < -0.4 is 15.8 Å². The van der Waals surface area contributed by atoms with Gasteiger partial charge in [-0.25, -0.2) is 4.98 Å². The van der Waals surface area contributed by atoms with Gasteiger partial charge in [-0.1, -0.05) is 30.3 Å². The van der Waals surface area contributed by atoms with Gasteiger partial charge in [-0.05, 0) is 117 Å². The van der Waals surface area contributed by atoms with Gasteiger partial charge in [-0.15, -0.1) is 0 Å². The predicted octanol–water partition coefficient (Wildman–Crippen LogP) is 7.70. The maximum absolute atomic E-state index is 12.7. The summed E-state index contributed by atoms with van der Waals surface area (Å²) in [6.07, 6.45) is 6.99. The molecule has 0 unspecified atom stereocenters. The van der Waals surface area contributed by atoms with Crippen molar-refractivity contribution < 1.29 is 38.0 Å². The highest BCUT2D eigenvalue weighted by Crippen LogP contribution is 2.28. The van der Waals surface area contributed by atoms with Crippen LogP contribution in [0.5, 0.6) is 5.75 Å². The van der Waals surface area contributed by atoms with Gasteiger partial charge in [0.1, 0.15) is 23.7 Å². The summed E-state index contributed by atoms with van der Waals surface area (Å²) in [7, 11) is 0. The van der Waals surface area contributed by atoms with Gasteiger partial charge in [0.15, 0.2) is 5.82 Å². The molecule has 0 saturated carbocycles. The van der Waals surface area contributed by atoms with E-state index in [0.717, 1.165) is 69.9 Å². The molecule has 0 aliphatic rings. The van der Waals surface area contributed by atoms with Crippen LogP contribution in [0.2, 0.25) is 0 Å². The fourth-order valence-electron chi connectivity index (χ4n) is 6.66. The number of carbonyl (C=O) groups excluding carboxylic acids is 2. The molecule has 3 N–H and O–H groups in total. The Kier molecular flexibility index (Phi) is 19.7. The topological polar surface area (TPSA) is 153 Å². The Morgan fingerprint density at radius 2 is 1.40 bits per heavy atom. The van der Waals surface area contributed by atoms with Gasteiger partial charge in [0.25, 0.3) is 5.91 Å². The maximum atomic E-state index is 12.7. The van der Waals surface area contributed by atoms with Crippen molar-refractivity contribution in [1.82, 2.24) is 15.3 Å². The third kappa shape index (κ3) is 15.6. The molecule has 0 fully saturated rings. The number of amides is 1. The standard InChI is InChI=1S/C48H62N4O8/c1-4-55-24-25-58-23-19-41(53)8-5-6-21-56-26-28-59-29-27-57-22-7-20-50-48(54)40-14-10-37(11-15-40)34-60-42-17-16-39(36(3)31-42)13-12-38-32-44-43-18-9-35(2)30-45(43)52-47(49)46(44)51-33-38/h9-11,14-18,30-33H,4-8,12-13,19-29,34H2,1-3H3,(H2,49,52)(H,50,54). The Balaban J connectivity index is 0.880. The summed E-state index contributed by atoms with van der Waals surface area (Å²) in [5.41, 5.74) is 14.2. The van der Waals surface area contributed by atoms with Crippen molar-refractivity contribution in [3.63, 3.8) is 0 Å². The lowest BCUT2D eigenvalue weighted by atomic mass is 9.99. The average molecular weight is 823 g/mol. The van der Waals surface area contributed by atoms with E-state index in [0.29, 0.717) is 110 Å². The normalized spacial score (nSPS) is 11.4. The first-order valence-corrected chi connectivity index (χ1v) is 21.2. The van der Waals surface area contributed by atoms with Crippen LogP contribution in [0.3, 0.4) is 0 Å². The molecule has 3 aromatic carbocycles. The Morgan fingerprint density at radius 3 is 2.15 bits per heavy atom. The summed E-state index contributed by atoms with van der Waals surface area (Å²) in [4.78, 5) is 33.8. The summed E-state index contributed by atoms with van der Waals surface area (Å²) in [5, 5.41) is 5.05. The van der Waals surface area contributed by atoms with E-state index >= 15 is 0 Å². The number of nitrogen functional groups attached to an aromatic ring is 1. The lowest BCUT2D eigenvalue weighted by Gasteiger charge is -2.12. The number of Topliss-reactive ketones (excluding diaryl/α,β-unsaturated/α-hetero) is 1. The molecule has 0 aliphatic heterocycles. The summed E-state index contributed by atoms with van der Waals surface area (Å²) >= 11 is 0. The van der Waals surface area contributed by atoms with Crippen molar-refractivity contribution in [3.05, 3.63) is 106 Å². The molecule has 0 radical (unpaired) electrons. The van der Waals surface area contributed by atoms with Crippen molar-refractivity contribution >= 4 is 39.3 Å². The molecule has 0 aliphatic carbocycles. The minimum Gasteiger partial charge on any atom is -0.489 e. The number of hydrogen-bond donors (Lipinski definition) is 2. The van der Waals surface area contributed by atoms with Gasteiger partial charge in [0, 0.05) is 61.7 Å². The van der Waals surface area contributed by atoms with Crippen LogP contribution in [0.15, 0.2) is 72.9 Å². The van der Waals surface area contributed by atoms with Crippen LogP contribution in [-0.4, -0.2) is 94.3 Å². The number of carbonyl (C=O) groups is 2. The van der Waals surface area contributed by atoms with Crippen LogP contribution in [0, 0.1) is 13.8 Å². The third-order valence-electron chi connectivity index (χ3n) is 10.1.